The van der Waals surface area contributed by atoms with Crippen LogP contribution in [0.4, 0.5) is 5.82 Å². The molecule has 1 saturated heterocycles. The smallest absolute Gasteiger partial charge is 0.269 e. The number of hydrogen-bond donors (Lipinski definition) is 1. The highest BCUT2D eigenvalue weighted by atomic mass is 32.2. The highest BCUT2D eigenvalue weighted by Gasteiger charge is 2.33. The molecule has 1 fully saturated rings. The van der Waals surface area contributed by atoms with Crippen LogP contribution in [0.1, 0.15) is 25.3 Å². The Balaban J connectivity index is 1.69. The third-order valence-corrected chi connectivity index (χ3v) is 7.31. The lowest BCUT2D eigenvalue weighted by Gasteiger charge is -2.41. The highest BCUT2D eigenvalue weighted by molar-refractivity contribution is 7.90. The van der Waals surface area contributed by atoms with E-state index >= 15 is 0 Å². The Labute approximate surface area is 181 Å². The Morgan fingerprint density at radius 3 is 2.68 bits per heavy atom. The van der Waals surface area contributed by atoms with Gasteiger partial charge in [-0.2, -0.15) is 0 Å². The maximum absolute atomic E-state index is 13.2. The van der Waals surface area contributed by atoms with Crippen LogP contribution >= 0.6 is 0 Å². The number of anilines is 1. The second-order valence-electron chi connectivity index (χ2n) is 8.14. The van der Waals surface area contributed by atoms with Crippen LogP contribution in [0.2, 0.25) is 0 Å². The fourth-order valence-corrected chi connectivity index (χ4v) is 5.29. The number of nitrogens with one attached hydrogen (secondary N) is 1. The van der Waals surface area contributed by atoms with Crippen LogP contribution in [0.15, 0.2) is 60.4 Å². The number of carbonyl (C=O) groups is 1. The number of aryl methyl sites for hydroxylation is 1. The quantitative estimate of drug-likeness (QED) is 0.614. The summed E-state index contributed by atoms with van der Waals surface area (Å²) < 4.78 is 27.5. The molecule has 9 heteroatoms. The summed E-state index contributed by atoms with van der Waals surface area (Å²) in [6.07, 6.45) is 5.87. The van der Waals surface area contributed by atoms with Crippen molar-refractivity contribution >= 4 is 32.8 Å². The number of fused-ring (bicyclic) bond motifs is 1. The molecule has 0 aliphatic carbocycles. The zero-order valence-corrected chi connectivity index (χ0v) is 18.4. The zero-order chi connectivity index (χ0) is 22.2. The van der Waals surface area contributed by atoms with Crippen LogP contribution in [0.3, 0.4) is 0 Å². The largest absolute Gasteiger partial charge is 0.362 e. The SMILES string of the molecule is C=CC(=O)N1CCCC(C)(Nc2ncnc3c2ccn3S(=O)(=O)c2ccc(C)cc2)C1. The van der Waals surface area contributed by atoms with Gasteiger partial charge in [0.1, 0.15) is 12.1 Å². The molecule has 4 rings (SSSR count). The van der Waals surface area contributed by atoms with Gasteiger partial charge >= 0.3 is 0 Å². The van der Waals surface area contributed by atoms with Gasteiger partial charge in [0.15, 0.2) is 5.65 Å². The fraction of sp³-hybridized carbons (Fsp3) is 0.318. The average Bonchev–Trinajstić information content (AvgIpc) is 3.19. The molecule has 0 radical (unpaired) electrons. The minimum absolute atomic E-state index is 0.101. The van der Waals surface area contributed by atoms with Gasteiger partial charge in [0, 0.05) is 19.3 Å². The van der Waals surface area contributed by atoms with Crippen molar-refractivity contribution in [2.24, 2.45) is 0 Å². The molecule has 8 nitrogen and oxygen atoms in total. The predicted octanol–water partition coefficient (Wildman–Crippen LogP) is 2.96. The summed E-state index contributed by atoms with van der Waals surface area (Å²) in [7, 11) is -3.79. The van der Waals surface area contributed by atoms with Crippen molar-refractivity contribution in [3.63, 3.8) is 0 Å². The van der Waals surface area contributed by atoms with Crippen LogP contribution in [0.5, 0.6) is 0 Å². The highest BCUT2D eigenvalue weighted by Crippen LogP contribution is 2.30. The molecule has 1 unspecified atom stereocenters. The predicted molar refractivity (Wildman–Crippen MR) is 119 cm³/mol. The molecule has 1 N–H and O–H groups in total. The Hall–Kier alpha value is -3.20. The lowest BCUT2D eigenvalue weighted by atomic mass is 9.91. The van der Waals surface area contributed by atoms with E-state index in [1.165, 1.54) is 22.6 Å². The molecule has 0 saturated carbocycles. The number of aromatic nitrogens is 3. The van der Waals surface area contributed by atoms with Crippen molar-refractivity contribution < 1.29 is 13.2 Å². The van der Waals surface area contributed by atoms with Gasteiger partial charge in [-0.15, -0.1) is 0 Å². The molecule has 0 bridgehead atoms. The number of rotatable bonds is 5. The lowest BCUT2D eigenvalue weighted by molar-refractivity contribution is -0.127. The molecule has 1 aliphatic rings. The number of amides is 1. The van der Waals surface area contributed by atoms with Crippen molar-refractivity contribution in [2.45, 2.75) is 37.1 Å². The third kappa shape index (κ3) is 3.93. The molecule has 0 spiro atoms. The average molecular weight is 440 g/mol. The van der Waals surface area contributed by atoms with Crippen molar-refractivity contribution in [1.82, 2.24) is 18.8 Å². The summed E-state index contributed by atoms with van der Waals surface area (Å²) >= 11 is 0. The maximum atomic E-state index is 13.2. The molecule has 31 heavy (non-hydrogen) atoms. The lowest BCUT2D eigenvalue weighted by Crippen LogP contribution is -2.52. The summed E-state index contributed by atoms with van der Waals surface area (Å²) in [6.45, 7) is 8.70. The van der Waals surface area contributed by atoms with E-state index in [9.17, 15) is 13.2 Å². The summed E-state index contributed by atoms with van der Waals surface area (Å²) in [5.41, 5.74) is 0.877. The number of likely N-dealkylation sites (tertiary alicyclic amines) is 1. The number of nitrogens with zero attached hydrogens (tertiary/aromatic N) is 4. The minimum Gasteiger partial charge on any atom is -0.362 e. The van der Waals surface area contributed by atoms with Gasteiger partial charge in [0.05, 0.1) is 15.8 Å². The summed E-state index contributed by atoms with van der Waals surface area (Å²) in [5.74, 6) is 0.439. The van der Waals surface area contributed by atoms with E-state index in [2.05, 4.69) is 21.9 Å². The molecule has 2 aromatic heterocycles. The van der Waals surface area contributed by atoms with E-state index in [0.29, 0.717) is 29.9 Å². The normalized spacial score (nSPS) is 19.4. The van der Waals surface area contributed by atoms with Gasteiger partial charge in [0.2, 0.25) is 5.91 Å². The maximum Gasteiger partial charge on any atom is 0.269 e. The van der Waals surface area contributed by atoms with Gasteiger partial charge in [-0.3, -0.25) is 4.79 Å². The topological polar surface area (TPSA) is 97.2 Å². The van der Waals surface area contributed by atoms with Gasteiger partial charge in [0.25, 0.3) is 10.0 Å². The second kappa shape index (κ2) is 7.81. The Kier molecular flexibility index (Phi) is 5.30. The molecule has 3 heterocycles. The first kappa shape index (κ1) is 21.0. The number of benzene rings is 1. The Morgan fingerprint density at radius 2 is 1.97 bits per heavy atom. The van der Waals surface area contributed by atoms with Crippen molar-refractivity contribution in [3.8, 4) is 0 Å². The van der Waals surface area contributed by atoms with E-state index < -0.39 is 15.6 Å². The van der Waals surface area contributed by atoms with E-state index in [1.807, 2.05) is 13.8 Å². The van der Waals surface area contributed by atoms with E-state index in [-0.39, 0.29) is 10.8 Å². The second-order valence-corrected chi connectivity index (χ2v) is 9.96. The molecule has 3 aromatic rings. The van der Waals surface area contributed by atoms with Crippen molar-refractivity contribution in [1.29, 1.82) is 0 Å². The van der Waals surface area contributed by atoms with E-state index in [0.717, 1.165) is 18.4 Å². The van der Waals surface area contributed by atoms with Gasteiger partial charge in [-0.1, -0.05) is 24.3 Å². The molecular weight excluding hydrogens is 414 g/mol. The van der Waals surface area contributed by atoms with E-state index in [4.69, 9.17) is 0 Å². The van der Waals surface area contributed by atoms with Gasteiger partial charge in [-0.25, -0.2) is 22.4 Å². The molecule has 162 valence electrons. The van der Waals surface area contributed by atoms with Crippen LogP contribution < -0.4 is 5.32 Å². The van der Waals surface area contributed by atoms with Crippen LogP contribution in [-0.2, 0) is 14.8 Å². The molecular formula is C22H25N5O3S. The standard InChI is InChI=1S/C22H25N5O3S/c1-4-19(28)26-12-5-11-22(3,14-26)25-20-18-10-13-27(21(18)24-15-23-20)31(29,30)17-8-6-16(2)7-9-17/h4,6-10,13,15H,1,5,11-12,14H2,2-3H3,(H,23,24,25). The molecule has 1 amide bonds. The first-order chi connectivity index (χ1) is 14.7. The molecule has 1 aliphatic heterocycles. The monoisotopic (exact) mass is 439 g/mol. The molecule has 1 atom stereocenters. The van der Waals surface area contributed by atoms with Crippen LogP contribution in [0, 0.1) is 6.92 Å². The number of piperidine rings is 1. The van der Waals surface area contributed by atoms with Crippen LogP contribution in [0.25, 0.3) is 11.0 Å². The zero-order valence-electron chi connectivity index (χ0n) is 17.6. The fourth-order valence-electron chi connectivity index (χ4n) is 3.99. The summed E-state index contributed by atoms with van der Waals surface area (Å²) in [5, 5.41) is 4.04. The summed E-state index contributed by atoms with van der Waals surface area (Å²) in [4.78, 5) is 22.6. The Bertz CT molecular complexity index is 1250. The van der Waals surface area contributed by atoms with E-state index in [1.54, 1.807) is 35.2 Å². The number of carbonyl (C=O) groups excluding carboxylic acids is 1. The third-order valence-electron chi connectivity index (χ3n) is 5.63. The van der Waals surface area contributed by atoms with Gasteiger partial charge in [-0.05, 0) is 51.0 Å². The molecule has 1 aromatic carbocycles. The van der Waals surface area contributed by atoms with Crippen molar-refractivity contribution in [2.75, 3.05) is 18.4 Å². The minimum atomic E-state index is -3.79. The first-order valence-corrected chi connectivity index (χ1v) is 11.5. The Morgan fingerprint density at radius 1 is 1.23 bits per heavy atom. The number of hydrogen-bond acceptors (Lipinski definition) is 6. The van der Waals surface area contributed by atoms with Crippen molar-refractivity contribution in [3.05, 3.63) is 61.1 Å². The van der Waals surface area contributed by atoms with Gasteiger partial charge < -0.3 is 10.2 Å². The first-order valence-electron chi connectivity index (χ1n) is 10.1. The summed E-state index contributed by atoms with van der Waals surface area (Å²) in [6, 6.07) is 8.40. The van der Waals surface area contributed by atoms with Crippen LogP contribution in [-0.4, -0.2) is 51.8 Å².